The zero-order chi connectivity index (χ0) is 14.0. The fourth-order valence-corrected chi connectivity index (χ4v) is 4.34. The van der Waals surface area contributed by atoms with Crippen LogP contribution in [0.2, 0.25) is 19.6 Å². The van der Waals surface area contributed by atoms with Crippen LogP contribution in [0.4, 0.5) is 0 Å². The van der Waals surface area contributed by atoms with Crippen LogP contribution in [0.5, 0.6) is 0 Å². The van der Waals surface area contributed by atoms with Crippen molar-refractivity contribution in [3.63, 3.8) is 0 Å². The van der Waals surface area contributed by atoms with E-state index >= 15 is 0 Å². The number of nitrogens with zero attached hydrogens (tertiary/aromatic N) is 1. The Morgan fingerprint density at radius 1 is 1.11 bits per heavy atom. The second-order valence-electron chi connectivity index (χ2n) is 7.11. The fraction of sp³-hybridized carbons (Fsp3) is 0.647. The lowest BCUT2D eigenvalue weighted by Gasteiger charge is -2.28. The molecule has 0 saturated carbocycles. The van der Waals surface area contributed by atoms with Crippen LogP contribution in [0.15, 0.2) is 24.3 Å². The van der Waals surface area contributed by atoms with Gasteiger partial charge in [0.05, 0.1) is 8.07 Å². The Labute approximate surface area is 120 Å². The first kappa shape index (κ1) is 14.8. The molecule has 2 rings (SSSR count). The van der Waals surface area contributed by atoms with Crippen LogP contribution in [0.25, 0.3) is 0 Å². The van der Waals surface area contributed by atoms with Gasteiger partial charge in [0.1, 0.15) is 0 Å². The Kier molecular flexibility index (Phi) is 4.52. The normalized spacial score (nSPS) is 24.9. The molecule has 106 valence electrons. The van der Waals surface area contributed by atoms with E-state index < -0.39 is 8.07 Å². The van der Waals surface area contributed by atoms with Crippen molar-refractivity contribution in [1.82, 2.24) is 4.90 Å². The molecular weight excluding hydrogens is 246 g/mol. The molecule has 1 saturated heterocycles. The molecule has 1 aliphatic rings. The molecular formula is C17H29NSi. The van der Waals surface area contributed by atoms with Crippen LogP contribution in [-0.2, 0) is 6.54 Å². The fourth-order valence-electron chi connectivity index (χ4n) is 3.17. The van der Waals surface area contributed by atoms with Crippen molar-refractivity contribution in [2.75, 3.05) is 0 Å². The molecule has 0 amide bonds. The number of hydrogen-bond donors (Lipinski definition) is 0. The van der Waals surface area contributed by atoms with Crippen molar-refractivity contribution < 1.29 is 0 Å². The molecule has 1 fully saturated rings. The molecule has 0 spiro atoms. The van der Waals surface area contributed by atoms with Crippen molar-refractivity contribution in [1.29, 1.82) is 0 Å². The second kappa shape index (κ2) is 5.80. The molecule has 0 aromatic heterocycles. The zero-order valence-electron chi connectivity index (χ0n) is 13.2. The minimum absolute atomic E-state index is 0.751. The first-order valence-electron chi connectivity index (χ1n) is 7.77. The summed E-state index contributed by atoms with van der Waals surface area (Å²) >= 11 is 0. The van der Waals surface area contributed by atoms with Gasteiger partial charge in [-0.05, 0) is 31.7 Å². The highest BCUT2D eigenvalue weighted by atomic mass is 28.3. The summed E-state index contributed by atoms with van der Waals surface area (Å²) < 4.78 is 0. The van der Waals surface area contributed by atoms with Gasteiger partial charge in [0.25, 0.3) is 0 Å². The van der Waals surface area contributed by atoms with Crippen molar-refractivity contribution in [2.45, 2.75) is 71.4 Å². The van der Waals surface area contributed by atoms with E-state index in [1.807, 2.05) is 0 Å². The van der Waals surface area contributed by atoms with Crippen molar-refractivity contribution >= 4 is 13.3 Å². The van der Waals surface area contributed by atoms with Crippen molar-refractivity contribution in [3.05, 3.63) is 29.8 Å². The lowest BCUT2D eigenvalue weighted by atomic mass is 10.1. The Balaban J connectivity index is 2.07. The van der Waals surface area contributed by atoms with Crippen LogP contribution < -0.4 is 5.19 Å². The van der Waals surface area contributed by atoms with E-state index in [2.05, 4.69) is 62.7 Å². The Morgan fingerprint density at radius 3 is 2.26 bits per heavy atom. The SMILES string of the molecule is CCC1CCC(C)N1Cc1ccc([Si](C)(C)C)cc1. The summed E-state index contributed by atoms with van der Waals surface area (Å²) in [5, 5.41) is 1.57. The third-order valence-corrected chi connectivity index (χ3v) is 6.67. The lowest BCUT2D eigenvalue weighted by Crippen LogP contribution is -2.37. The van der Waals surface area contributed by atoms with Gasteiger partial charge >= 0.3 is 0 Å². The molecule has 0 bridgehead atoms. The second-order valence-corrected chi connectivity index (χ2v) is 12.2. The maximum Gasteiger partial charge on any atom is 0.0775 e. The van der Waals surface area contributed by atoms with Gasteiger partial charge in [-0.3, -0.25) is 4.90 Å². The van der Waals surface area contributed by atoms with E-state index in [-0.39, 0.29) is 0 Å². The average Bonchev–Trinajstić information content (AvgIpc) is 2.70. The molecule has 0 radical (unpaired) electrons. The Bertz CT molecular complexity index is 404. The van der Waals surface area contributed by atoms with Gasteiger partial charge < -0.3 is 0 Å². The summed E-state index contributed by atoms with van der Waals surface area (Å²) in [4.78, 5) is 2.70. The molecule has 2 heteroatoms. The predicted molar refractivity (Wildman–Crippen MR) is 87.7 cm³/mol. The number of hydrogen-bond acceptors (Lipinski definition) is 1. The third-order valence-electron chi connectivity index (χ3n) is 4.61. The summed E-state index contributed by atoms with van der Waals surface area (Å²) in [5.74, 6) is 0. The molecule has 19 heavy (non-hydrogen) atoms. The molecule has 1 heterocycles. The van der Waals surface area contributed by atoms with Gasteiger partial charge in [-0.2, -0.15) is 0 Å². The van der Waals surface area contributed by atoms with E-state index in [4.69, 9.17) is 0 Å². The highest BCUT2D eigenvalue weighted by molar-refractivity contribution is 6.88. The molecule has 2 unspecified atom stereocenters. The quantitative estimate of drug-likeness (QED) is 0.751. The Hall–Kier alpha value is -0.603. The number of likely N-dealkylation sites (tertiary alicyclic amines) is 1. The number of rotatable bonds is 4. The average molecular weight is 276 g/mol. The van der Waals surface area contributed by atoms with Crippen LogP contribution in [0.3, 0.4) is 0 Å². The molecule has 1 aromatic rings. The standard InChI is InChI=1S/C17H29NSi/c1-6-16-10-7-14(2)18(16)13-15-8-11-17(12-9-15)19(3,4)5/h8-9,11-12,14,16H,6-7,10,13H2,1-5H3. The number of benzene rings is 1. The Morgan fingerprint density at radius 2 is 1.74 bits per heavy atom. The van der Waals surface area contributed by atoms with E-state index in [9.17, 15) is 0 Å². The van der Waals surface area contributed by atoms with Gasteiger partial charge in [-0.1, -0.05) is 56.0 Å². The predicted octanol–water partition coefficient (Wildman–Crippen LogP) is 3.99. The highest BCUT2D eigenvalue weighted by Crippen LogP contribution is 2.27. The summed E-state index contributed by atoms with van der Waals surface area (Å²) in [7, 11) is -1.15. The molecule has 0 N–H and O–H groups in total. The summed E-state index contributed by atoms with van der Waals surface area (Å²) in [5.41, 5.74) is 1.48. The maximum atomic E-state index is 2.70. The van der Waals surface area contributed by atoms with Gasteiger partial charge in [0.2, 0.25) is 0 Å². The van der Waals surface area contributed by atoms with Gasteiger partial charge in [0, 0.05) is 18.6 Å². The zero-order valence-corrected chi connectivity index (χ0v) is 14.2. The minimum atomic E-state index is -1.15. The van der Waals surface area contributed by atoms with E-state index in [1.54, 1.807) is 5.19 Å². The largest absolute Gasteiger partial charge is 0.293 e. The summed E-state index contributed by atoms with van der Waals surface area (Å²) in [6.07, 6.45) is 4.04. The van der Waals surface area contributed by atoms with E-state index in [1.165, 1.54) is 24.8 Å². The molecule has 0 aliphatic carbocycles. The molecule has 1 aromatic carbocycles. The van der Waals surface area contributed by atoms with E-state index in [0.29, 0.717) is 0 Å². The van der Waals surface area contributed by atoms with Crippen molar-refractivity contribution in [2.24, 2.45) is 0 Å². The van der Waals surface area contributed by atoms with Crippen molar-refractivity contribution in [3.8, 4) is 0 Å². The highest BCUT2D eigenvalue weighted by Gasteiger charge is 2.29. The van der Waals surface area contributed by atoms with Crippen LogP contribution >= 0.6 is 0 Å². The van der Waals surface area contributed by atoms with Gasteiger partial charge in [-0.15, -0.1) is 0 Å². The van der Waals surface area contributed by atoms with Crippen LogP contribution in [0.1, 0.15) is 38.7 Å². The first-order chi connectivity index (χ1) is 8.91. The van der Waals surface area contributed by atoms with Gasteiger partial charge in [-0.25, -0.2) is 0 Å². The van der Waals surface area contributed by atoms with E-state index in [0.717, 1.165) is 18.6 Å². The third kappa shape index (κ3) is 3.49. The smallest absolute Gasteiger partial charge is 0.0775 e. The van der Waals surface area contributed by atoms with Crippen LogP contribution in [0, 0.1) is 0 Å². The monoisotopic (exact) mass is 275 g/mol. The van der Waals surface area contributed by atoms with Gasteiger partial charge in [0.15, 0.2) is 0 Å². The minimum Gasteiger partial charge on any atom is -0.293 e. The summed E-state index contributed by atoms with van der Waals surface area (Å²) in [6.45, 7) is 13.1. The molecule has 2 atom stereocenters. The molecule has 1 aliphatic heterocycles. The lowest BCUT2D eigenvalue weighted by molar-refractivity contribution is 0.189. The summed E-state index contributed by atoms with van der Waals surface area (Å²) in [6, 6.07) is 11.0. The topological polar surface area (TPSA) is 3.24 Å². The molecule has 1 nitrogen and oxygen atoms in total. The van der Waals surface area contributed by atoms with Crippen LogP contribution in [-0.4, -0.2) is 25.1 Å². The maximum absolute atomic E-state index is 2.70. The first-order valence-corrected chi connectivity index (χ1v) is 11.3.